The molecule has 1 fully saturated rings. The summed E-state index contributed by atoms with van der Waals surface area (Å²) >= 11 is 0. The van der Waals surface area contributed by atoms with Gasteiger partial charge < -0.3 is 20.4 Å². The third kappa shape index (κ3) is 5.17. The first-order valence-electron chi connectivity index (χ1n) is 12.1. The molecule has 0 unspecified atom stereocenters. The number of benzene rings is 2. The van der Waals surface area contributed by atoms with E-state index >= 15 is 0 Å². The van der Waals surface area contributed by atoms with E-state index in [2.05, 4.69) is 20.4 Å². The van der Waals surface area contributed by atoms with Gasteiger partial charge in [0.1, 0.15) is 11.5 Å². The van der Waals surface area contributed by atoms with Crippen molar-refractivity contribution in [2.75, 3.05) is 39.8 Å². The molecule has 0 saturated carbocycles. The molecule has 0 radical (unpaired) electrons. The van der Waals surface area contributed by atoms with Gasteiger partial charge in [0.05, 0.1) is 10.5 Å². The summed E-state index contributed by atoms with van der Waals surface area (Å²) in [5.41, 5.74) is 1.31. The van der Waals surface area contributed by atoms with Crippen LogP contribution in [0.2, 0.25) is 0 Å². The van der Waals surface area contributed by atoms with Crippen molar-refractivity contribution < 1.29 is 23.4 Å². The third-order valence-electron chi connectivity index (χ3n) is 6.41. The molecule has 1 amide bonds. The number of phenolic OH excluding ortho intramolecular Hbond substituents is 2. The fourth-order valence-corrected chi connectivity index (χ4v) is 5.69. The highest BCUT2D eigenvalue weighted by Crippen LogP contribution is 2.38. The molecule has 1 aliphatic heterocycles. The molecule has 198 valence electrons. The number of nitrogens with one attached hydrogen (secondary N) is 1. The van der Waals surface area contributed by atoms with Crippen molar-refractivity contribution in [3.05, 3.63) is 47.8 Å². The fourth-order valence-electron chi connectivity index (χ4n) is 4.27. The predicted octanol–water partition coefficient (Wildman–Crippen LogP) is 2.15. The number of sulfonamides is 1. The Morgan fingerprint density at radius 3 is 2.27 bits per heavy atom. The molecular formula is C25H32N6O5S. The van der Waals surface area contributed by atoms with Crippen molar-refractivity contribution in [3.8, 4) is 28.6 Å². The van der Waals surface area contributed by atoms with Crippen LogP contribution in [0.25, 0.3) is 17.1 Å². The van der Waals surface area contributed by atoms with Gasteiger partial charge in [0, 0.05) is 44.5 Å². The summed E-state index contributed by atoms with van der Waals surface area (Å²) in [6.07, 6.45) is 0. The standard InChI is InChI=1S/C25H32N6O5S/c1-5-26-25(34)24-28-27-23(20-14-19(16(2)3)21(32)15-22(20)33)31(24)17-6-8-18(9-7-17)37(35,36)30-12-10-29(4)11-13-30/h6-9,14-16,32-33H,5,10-13H2,1-4H3,(H,26,34). The Kier molecular flexibility index (Phi) is 7.53. The lowest BCUT2D eigenvalue weighted by atomic mass is 9.98. The third-order valence-corrected chi connectivity index (χ3v) is 8.32. The van der Waals surface area contributed by atoms with Gasteiger partial charge in [-0.15, -0.1) is 10.2 Å². The molecule has 3 N–H and O–H groups in total. The van der Waals surface area contributed by atoms with E-state index in [1.165, 1.54) is 27.1 Å². The van der Waals surface area contributed by atoms with Crippen LogP contribution < -0.4 is 5.32 Å². The van der Waals surface area contributed by atoms with Gasteiger partial charge in [0.15, 0.2) is 5.82 Å². The van der Waals surface area contributed by atoms with Crippen LogP contribution in [-0.2, 0) is 10.0 Å². The second-order valence-corrected chi connectivity index (χ2v) is 11.3. The molecular weight excluding hydrogens is 496 g/mol. The van der Waals surface area contributed by atoms with Gasteiger partial charge in [-0.2, -0.15) is 4.31 Å². The van der Waals surface area contributed by atoms with E-state index < -0.39 is 15.9 Å². The summed E-state index contributed by atoms with van der Waals surface area (Å²) in [6, 6.07) is 9.00. The normalized spacial score (nSPS) is 15.3. The van der Waals surface area contributed by atoms with Crippen molar-refractivity contribution >= 4 is 15.9 Å². The van der Waals surface area contributed by atoms with Crippen LogP contribution in [0.1, 0.15) is 42.9 Å². The smallest absolute Gasteiger partial charge is 0.289 e. The number of nitrogens with zero attached hydrogens (tertiary/aromatic N) is 5. The molecule has 1 saturated heterocycles. The van der Waals surface area contributed by atoms with Crippen LogP contribution in [0.4, 0.5) is 0 Å². The van der Waals surface area contributed by atoms with Gasteiger partial charge in [0.2, 0.25) is 15.8 Å². The van der Waals surface area contributed by atoms with Crippen LogP contribution in [0.15, 0.2) is 41.3 Å². The zero-order valence-electron chi connectivity index (χ0n) is 21.3. The molecule has 4 rings (SSSR count). The molecule has 2 aromatic carbocycles. The lowest BCUT2D eigenvalue weighted by Gasteiger charge is -2.31. The maximum atomic E-state index is 13.2. The number of carbonyl (C=O) groups excluding carboxylic acids is 1. The Labute approximate surface area is 216 Å². The molecule has 0 aliphatic carbocycles. The highest BCUT2D eigenvalue weighted by atomic mass is 32.2. The van der Waals surface area contributed by atoms with Crippen LogP contribution in [0.5, 0.6) is 11.5 Å². The molecule has 0 spiro atoms. The van der Waals surface area contributed by atoms with Crippen molar-refractivity contribution in [3.63, 3.8) is 0 Å². The minimum atomic E-state index is -3.68. The number of hydrogen-bond acceptors (Lipinski definition) is 8. The lowest BCUT2D eigenvalue weighted by Crippen LogP contribution is -2.46. The van der Waals surface area contributed by atoms with Crippen molar-refractivity contribution in [2.24, 2.45) is 0 Å². The van der Waals surface area contributed by atoms with Gasteiger partial charge in [-0.05, 0) is 55.8 Å². The van der Waals surface area contributed by atoms with E-state index in [-0.39, 0.29) is 39.5 Å². The van der Waals surface area contributed by atoms with Gasteiger partial charge >= 0.3 is 0 Å². The largest absolute Gasteiger partial charge is 0.508 e. The minimum absolute atomic E-state index is 0.0231. The molecule has 0 atom stereocenters. The molecule has 12 heteroatoms. The van der Waals surface area contributed by atoms with E-state index in [1.807, 2.05) is 20.9 Å². The number of rotatable bonds is 7. The fraction of sp³-hybridized carbons (Fsp3) is 0.400. The molecule has 11 nitrogen and oxygen atoms in total. The van der Waals surface area contributed by atoms with Crippen LogP contribution in [0, 0.1) is 0 Å². The Morgan fingerprint density at radius 1 is 1.03 bits per heavy atom. The van der Waals surface area contributed by atoms with Crippen molar-refractivity contribution in [2.45, 2.75) is 31.6 Å². The number of likely N-dealkylation sites (N-methyl/N-ethyl adjacent to an activating group) is 1. The molecule has 1 aliphatic rings. The average molecular weight is 529 g/mol. The van der Waals surface area contributed by atoms with E-state index in [9.17, 15) is 23.4 Å². The maximum absolute atomic E-state index is 13.2. The quantitative estimate of drug-likeness (QED) is 0.424. The SMILES string of the molecule is CCNC(=O)c1nnc(-c2cc(C(C)C)c(O)cc2O)n1-c1ccc(S(=O)(=O)N2CCN(C)CC2)cc1. The Balaban J connectivity index is 1.80. The van der Waals surface area contributed by atoms with E-state index in [0.29, 0.717) is 44.0 Å². The second-order valence-electron chi connectivity index (χ2n) is 9.33. The molecule has 2 heterocycles. The number of aromatic hydroxyl groups is 2. The Bertz CT molecular complexity index is 1390. The second kappa shape index (κ2) is 10.5. The number of phenols is 2. The average Bonchev–Trinajstić information content (AvgIpc) is 3.29. The summed E-state index contributed by atoms with van der Waals surface area (Å²) in [5, 5.41) is 31.9. The lowest BCUT2D eigenvalue weighted by molar-refractivity contribution is 0.0943. The van der Waals surface area contributed by atoms with Crippen molar-refractivity contribution in [1.29, 1.82) is 0 Å². The van der Waals surface area contributed by atoms with Crippen LogP contribution in [0.3, 0.4) is 0 Å². The van der Waals surface area contributed by atoms with E-state index in [0.717, 1.165) is 0 Å². The summed E-state index contributed by atoms with van der Waals surface area (Å²) in [6.45, 7) is 8.09. The first kappa shape index (κ1) is 26.6. The predicted molar refractivity (Wildman–Crippen MR) is 138 cm³/mol. The van der Waals surface area contributed by atoms with Crippen LogP contribution >= 0.6 is 0 Å². The zero-order valence-corrected chi connectivity index (χ0v) is 22.2. The first-order valence-corrected chi connectivity index (χ1v) is 13.6. The monoisotopic (exact) mass is 528 g/mol. The van der Waals surface area contributed by atoms with Gasteiger partial charge in [-0.1, -0.05) is 13.8 Å². The van der Waals surface area contributed by atoms with Crippen LogP contribution in [-0.4, -0.2) is 88.3 Å². The summed E-state index contributed by atoms with van der Waals surface area (Å²) < 4.78 is 29.3. The van der Waals surface area contributed by atoms with Crippen molar-refractivity contribution in [1.82, 2.24) is 29.3 Å². The highest BCUT2D eigenvalue weighted by molar-refractivity contribution is 7.89. The summed E-state index contributed by atoms with van der Waals surface area (Å²) in [5.74, 6) is -0.646. The number of hydrogen-bond donors (Lipinski definition) is 3. The van der Waals surface area contributed by atoms with E-state index in [4.69, 9.17) is 0 Å². The van der Waals surface area contributed by atoms with Gasteiger partial charge in [-0.25, -0.2) is 8.42 Å². The summed E-state index contributed by atoms with van der Waals surface area (Å²) in [7, 11) is -1.72. The maximum Gasteiger partial charge on any atom is 0.289 e. The molecule has 0 bridgehead atoms. The molecule has 37 heavy (non-hydrogen) atoms. The Hall–Kier alpha value is -3.48. The molecule has 3 aromatic rings. The first-order chi connectivity index (χ1) is 17.5. The minimum Gasteiger partial charge on any atom is -0.508 e. The summed E-state index contributed by atoms with van der Waals surface area (Å²) in [4.78, 5) is 15.0. The number of piperazine rings is 1. The Morgan fingerprint density at radius 2 is 1.68 bits per heavy atom. The number of aromatic nitrogens is 3. The molecule has 1 aromatic heterocycles. The number of amides is 1. The van der Waals surface area contributed by atoms with Gasteiger partial charge in [-0.3, -0.25) is 9.36 Å². The topological polar surface area (TPSA) is 141 Å². The van der Waals surface area contributed by atoms with Gasteiger partial charge in [0.25, 0.3) is 5.91 Å². The highest BCUT2D eigenvalue weighted by Gasteiger charge is 2.28. The zero-order chi connectivity index (χ0) is 26.9. The number of carbonyl (C=O) groups is 1. The van der Waals surface area contributed by atoms with E-state index in [1.54, 1.807) is 25.1 Å².